The van der Waals surface area contributed by atoms with Gasteiger partial charge in [0.15, 0.2) is 11.5 Å². The van der Waals surface area contributed by atoms with E-state index in [1.165, 1.54) is 0 Å². The van der Waals surface area contributed by atoms with Crippen molar-refractivity contribution in [2.45, 2.75) is 6.10 Å². The number of benzene rings is 1. The van der Waals surface area contributed by atoms with Crippen LogP contribution in [0.4, 0.5) is 0 Å². The third-order valence-electron chi connectivity index (χ3n) is 2.87. The van der Waals surface area contributed by atoms with Gasteiger partial charge in [-0.05, 0) is 23.2 Å². The van der Waals surface area contributed by atoms with Crippen LogP contribution in [0.5, 0.6) is 11.5 Å². The summed E-state index contributed by atoms with van der Waals surface area (Å²) in [4.78, 5) is 0. The Morgan fingerprint density at radius 3 is 2.59 bits per heavy atom. The smallest absolute Gasteiger partial charge is 0.486 e. The van der Waals surface area contributed by atoms with E-state index in [0.717, 1.165) is 11.0 Å². The Balaban J connectivity index is 0.00000108. The van der Waals surface area contributed by atoms with Crippen molar-refractivity contribution in [3.63, 3.8) is 0 Å². The molecule has 2 heterocycles. The van der Waals surface area contributed by atoms with Gasteiger partial charge in [-0.25, -0.2) is 0 Å². The molecule has 1 aromatic rings. The first kappa shape index (κ1) is 12.5. The predicted molar refractivity (Wildman–Crippen MR) is 65.2 cm³/mol. The average molecular weight is 257 g/mol. The molecule has 7 heteroatoms. The lowest BCUT2D eigenvalue weighted by Crippen LogP contribution is -2.29. The molecule has 1 atom stereocenters. The van der Waals surface area contributed by atoms with E-state index in [1.54, 1.807) is 6.07 Å². The van der Waals surface area contributed by atoms with Gasteiger partial charge in [0.05, 0.1) is 6.10 Å². The van der Waals surface area contributed by atoms with E-state index in [0.29, 0.717) is 31.3 Å². The number of hydrogen-bond acceptors (Lipinski definition) is 5. The van der Waals surface area contributed by atoms with Crippen molar-refractivity contribution in [2.75, 3.05) is 19.8 Å². The number of fused-ring (bicyclic) bond motifs is 2. The summed E-state index contributed by atoms with van der Waals surface area (Å²) < 4.78 is 16.2. The SMILES string of the molecule is Cl.NCC1OB(O)c2cc3c(cc21)OCCO3. The second kappa shape index (κ2) is 4.74. The lowest BCUT2D eigenvalue weighted by Gasteiger charge is -2.20. The highest BCUT2D eigenvalue weighted by Gasteiger charge is 2.36. The van der Waals surface area contributed by atoms with Gasteiger partial charge >= 0.3 is 7.12 Å². The zero-order valence-electron chi connectivity index (χ0n) is 9.09. The van der Waals surface area contributed by atoms with Crippen LogP contribution in [-0.4, -0.2) is 31.9 Å². The minimum absolute atomic E-state index is 0. The molecule has 3 N–H and O–H groups in total. The fraction of sp³-hybridized carbons (Fsp3) is 0.400. The van der Waals surface area contributed by atoms with Crippen LogP contribution in [0, 0.1) is 0 Å². The van der Waals surface area contributed by atoms with Crippen molar-refractivity contribution in [3.05, 3.63) is 17.7 Å². The van der Waals surface area contributed by atoms with Crippen LogP contribution >= 0.6 is 12.4 Å². The van der Waals surface area contributed by atoms with Crippen LogP contribution in [0.15, 0.2) is 12.1 Å². The molecule has 0 spiro atoms. The normalized spacial score (nSPS) is 20.8. The van der Waals surface area contributed by atoms with Crippen molar-refractivity contribution in [1.29, 1.82) is 0 Å². The van der Waals surface area contributed by atoms with Crippen molar-refractivity contribution in [2.24, 2.45) is 5.73 Å². The largest absolute Gasteiger partial charge is 0.492 e. The molecule has 5 nitrogen and oxygen atoms in total. The van der Waals surface area contributed by atoms with Crippen molar-refractivity contribution < 1.29 is 19.2 Å². The van der Waals surface area contributed by atoms with Crippen molar-refractivity contribution in [3.8, 4) is 11.5 Å². The van der Waals surface area contributed by atoms with Gasteiger partial charge < -0.3 is 24.9 Å². The molecule has 17 heavy (non-hydrogen) atoms. The molecule has 0 saturated heterocycles. The van der Waals surface area contributed by atoms with E-state index in [4.69, 9.17) is 19.9 Å². The Labute approximate surface area is 105 Å². The lowest BCUT2D eigenvalue weighted by molar-refractivity contribution is 0.170. The topological polar surface area (TPSA) is 73.9 Å². The van der Waals surface area contributed by atoms with E-state index in [-0.39, 0.29) is 18.5 Å². The summed E-state index contributed by atoms with van der Waals surface area (Å²) in [5, 5.41) is 9.71. The van der Waals surface area contributed by atoms with E-state index in [1.807, 2.05) is 6.07 Å². The average Bonchev–Trinajstić information content (AvgIpc) is 2.63. The van der Waals surface area contributed by atoms with Crippen LogP contribution in [0.1, 0.15) is 11.7 Å². The first-order chi connectivity index (χ1) is 7.79. The van der Waals surface area contributed by atoms with Crippen LogP contribution in [0.2, 0.25) is 0 Å². The third kappa shape index (κ3) is 1.97. The van der Waals surface area contributed by atoms with Crippen LogP contribution in [0.25, 0.3) is 0 Å². The van der Waals surface area contributed by atoms with Gasteiger partial charge in [0.1, 0.15) is 13.2 Å². The maximum atomic E-state index is 9.71. The molecule has 0 bridgehead atoms. The standard InChI is InChI=1S/C10H12BNO4.ClH/c12-5-10-6-3-8-9(15-2-1-14-8)4-7(6)11(13)16-10;/h3-4,10,13H,1-2,5,12H2;1H. The van der Waals surface area contributed by atoms with Gasteiger partial charge in [-0.3, -0.25) is 0 Å². The predicted octanol–water partition coefficient (Wildman–Crippen LogP) is -0.403. The molecule has 1 aromatic carbocycles. The Morgan fingerprint density at radius 2 is 1.94 bits per heavy atom. The number of nitrogens with two attached hydrogens (primary N) is 1. The molecule has 0 saturated carbocycles. The first-order valence-electron chi connectivity index (χ1n) is 5.26. The van der Waals surface area contributed by atoms with Crippen LogP contribution in [0.3, 0.4) is 0 Å². The molecule has 92 valence electrons. The minimum atomic E-state index is -0.917. The maximum Gasteiger partial charge on any atom is 0.492 e. The number of halogens is 1. The molecule has 0 radical (unpaired) electrons. The molecule has 2 aliphatic heterocycles. The van der Waals surface area contributed by atoms with E-state index >= 15 is 0 Å². The summed E-state index contributed by atoms with van der Waals surface area (Å²) in [7, 11) is -0.917. The monoisotopic (exact) mass is 257 g/mol. The highest BCUT2D eigenvalue weighted by Crippen LogP contribution is 2.34. The summed E-state index contributed by atoms with van der Waals surface area (Å²) in [6.07, 6.45) is -0.263. The highest BCUT2D eigenvalue weighted by atomic mass is 35.5. The second-order valence-corrected chi connectivity index (χ2v) is 3.84. The molecule has 0 fully saturated rings. The second-order valence-electron chi connectivity index (χ2n) is 3.84. The molecule has 0 aliphatic carbocycles. The Bertz CT molecular complexity index is 431. The number of hydrogen-bond donors (Lipinski definition) is 2. The third-order valence-corrected chi connectivity index (χ3v) is 2.87. The molecule has 2 aliphatic rings. The van der Waals surface area contributed by atoms with E-state index in [9.17, 15) is 5.02 Å². The summed E-state index contributed by atoms with van der Waals surface area (Å²) >= 11 is 0. The summed E-state index contributed by atoms with van der Waals surface area (Å²) in [5.74, 6) is 1.35. The number of ether oxygens (including phenoxy) is 2. The summed E-state index contributed by atoms with van der Waals surface area (Å²) in [5.41, 5.74) is 7.19. The highest BCUT2D eigenvalue weighted by molar-refractivity contribution is 6.61. The van der Waals surface area contributed by atoms with Gasteiger partial charge in [-0.15, -0.1) is 12.4 Å². The van der Waals surface area contributed by atoms with Gasteiger partial charge in [-0.1, -0.05) is 0 Å². The molecule has 0 amide bonds. The van der Waals surface area contributed by atoms with Gasteiger partial charge in [0.2, 0.25) is 0 Å². The lowest BCUT2D eigenvalue weighted by atomic mass is 9.79. The Hall–Kier alpha value is -0.945. The van der Waals surface area contributed by atoms with Crippen molar-refractivity contribution in [1.82, 2.24) is 0 Å². The zero-order valence-corrected chi connectivity index (χ0v) is 9.90. The molecular weight excluding hydrogens is 244 g/mol. The van der Waals surface area contributed by atoms with Gasteiger partial charge in [0.25, 0.3) is 0 Å². The maximum absolute atomic E-state index is 9.71. The summed E-state index contributed by atoms with van der Waals surface area (Å²) in [6.45, 7) is 1.41. The van der Waals surface area contributed by atoms with E-state index < -0.39 is 7.12 Å². The Kier molecular flexibility index (Phi) is 3.49. The Morgan fingerprint density at radius 1 is 1.29 bits per heavy atom. The summed E-state index contributed by atoms with van der Waals surface area (Å²) in [6, 6.07) is 3.61. The fourth-order valence-corrected chi connectivity index (χ4v) is 2.10. The molecular formula is C10H13BClNO4. The number of rotatable bonds is 1. The molecule has 0 aromatic heterocycles. The first-order valence-corrected chi connectivity index (χ1v) is 5.26. The van der Waals surface area contributed by atoms with E-state index in [2.05, 4.69) is 0 Å². The molecule has 1 unspecified atom stereocenters. The van der Waals surface area contributed by atoms with Crippen LogP contribution < -0.4 is 20.7 Å². The zero-order chi connectivity index (χ0) is 11.1. The van der Waals surface area contributed by atoms with Crippen molar-refractivity contribution >= 4 is 25.0 Å². The van der Waals surface area contributed by atoms with Crippen LogP contribution in [-0.2, 0) is 4.65 Å². The molecule has 3 rings (SSSR count). The minimum Gasteiger partial charge on any atom is -0.486 e. The quantitative estimate of drug-likeness (QED) is 0.670. The van der Waals surface area contributed by atoms with Gasteiger partial charge in [-0.2, -0.15) is 0 Å². The fourth-order valence-electron chi connectivity index (χ4n) is 2.10. The van der Waals surface area contributed by atoms with Gasteiger partial charge in [0, 0.05) is 6.54 Å².